The number of aliphatic hydroxyl groups excluding tert-OH is 1. The van der Waals surface area contributed by atoms with Crippen LogP contribution in [0.2, 0.25) is 0 Å². The van der Waals surface area contributed by atoms with Crippen LogP contribution in [0, 0.1) is 0 Å². The maximum atomic E-state index is 13.5. The highest BCUT2D eigenvalue weighted by Gasteiger charge is 2.44. The number of rotatable bonds is 6. The first-order valence-corrected chi connectivity index (χ1v) is 10.2. The van der Waals surface area contributed by atoms with Gasteiger partial charge in [0.05, 0.1) is 25.5 Å². The average molecular weight is 418 g/mol. The van der Waals surface area contributed by atoms with Crippen molar-refractivity contribution in [1.82, 2.24) is 10.2 Å². The molecule has 3 aromatic rings. The molecule has 0 aliphatic carbocycles. The second kappa shape index (κ2) is 8.28. The number of benzene rings is 2. The normalized spacial score (nSPS) is 16.9. The minimum Gasteiger partial charge on any atom is -0.516 e. The molecule has 0 saturated heterocycles. The molecule has 7 nitrogen and oxygen atoms in total. The second-order valence-corrected chi connectivity index (χ2v) is 7.83. The van der Waals surface area contributed by atoms with Crippen molar-refractivity contribution in [2.75, 3.05) is 12.0 Å². The summed E-state index contributed by atoms with van der Waals surface area (Å²) in [6.07, 6.45) is 2.44. The summed E-state index contributed by atoms with van der Waals surface area (Å²) in [6.45, 7) is 4.15. The Morgan fingerprint density at radius 1 is 1.19 bits per heavy atom. The first-order valence-electron chi connectivity index (χ1n) is 10.2. The van der Waals surface area contributed by atoms with Gasteiger partial charge in [0, 0.05) is 22.5 Å². The Labute approximate surface area is 181 Å². The Morgan fingerprint density at radius 3 is 2.55 bits per heavy atom. The fraction of sp³-hybridized carbons (Fsp3) is 0.250. The number of aromatic nitrogens is 2. The van der Waals surface area contributed by atoms with E-state index in [0.717, 1.165) is 34.3 Å². The highest BCUT2D eigenvalue weighted by Crippen LogP contribution is 2.46. The lowest BCUT2D eigenvalue weighted by Gasteiger charge is -2.28. The number of carbonyl (C=O) groups is 1. The van der Waals surface area contributed by atoms with Gasteiger partial charge in [-0.1, -0.05) is 44.2 Å². The van der Waals surface area contributed by atoms with Gasteiger partial charge in [-0.2, -0.15) is 5.10 Å². The van der Waals surface area contributed by atoms with Crippen LogP contribution < -0.4 is 15.4 Å². The van der Waals surface area contributed by atoms with E-state index in [9.17, 15) is 4.79 Å². The fourth-order valence-corrected chi connectivity index (χ4v) is 4.12. The molecule has 1 aliphatic rings. The molecule has 4 rings (SSSR count). The van der Waals surface area contributed by atoms with Gasteiger partial charge in [-0.25, -0.2) is 0 Å². The van der Waals surface area contributed by atoms with Gasteiger partial charge in [0.2, 0.25) is 0 Å². The highest BCUT2D eigenvalue weighted by atomic mass is 16.5. The molecule has 4 N–H and O–H groups in total. The number of hydrogen-bond donors (Lipinski definition) is 3. The van der Waals surface area contributed by atoms with Gasteiger partial charge >= 0.3 is 0 Å². The molecule has 0 fully saturated rings. The predicted octanol–water partition coefficient (Wildman–Crippen LogP) is 4.36. The van der Waals surface area contributed by atoms with Crippen LogP contribution in [-0.4, -0.2) is 28.3 Å². The molecule has 7 heteroatoms. The van der Waals surface area contributed by atoms with Crippen molar-refractivity contribution in [3.05, 3.63) is 88.9 Å². The molecule has 1 aliphatic heterocycles. The SMILES string of the molecule is COc1ccccc1C1c2c(n[nH]c2C(C)C)C(=O)N1c1ccc(C(N)/C=C\O)cc1. The highest BCUT2D eigenvalue weighted by molar-refractivity contribution is 6.10. The number of fused-ring (bicyclic) bond motifs is 1. The molecule has 0 bridgehead atoms. The van der Waals surface area contributed by atoms with E-state index in [4.69, 9.17) is 15.6 Å². The summed E-state index contributed by atoms with van der Waals surface area (Å²) in [7, 11) is 1.63. The molecule has 31 heavy (non-hydrogen) atoms. The summed E-state index contributed by atoms with van der Waals surface area (Å²) in [5, 5.41) is 16.4. The smallest absolute Gasteiger partial charge is 0.280 e. The number of H-pyrrole nitrogens is 1. The number of nitrogens with one attached hydrogen (secondary N) is 1. The van der Waals surface area contributed by atoms with E-state index in [1.54, 1.807) is 12.0 Å². The average Bonchev–Trinajstić information content (AvgIpc) is 3.33. The maximum Gasteiger partial charge on any atom is 0.280 e. The van der Waals surface area contributed by atoms with Crippen LogP contribution in [0.1, 0.15) is 64.7 Å². The molecule has 160 valence electrons. The Morgan fingerprint density at radius 2 is 1.90 bits per heavy atom. The number of para-hydroxylation sites is 1. The number of hydrogen-bond acceptors (Lipinski definition) is 5. The number of anilines is 1. The zero-order valence-corrected chi connectivity index (χ0v) is 17.7. The summed E-state index contributed by atoms with van der Waals surface area (Å²) in [4.78, 5) is 15.2. The summed E-state index contributed by atoms with van der Waals surface area (Å²) in [5.41, 5.74) is 10.8. The lowest BCUT2D eigenvalue weighted by atomic mass is 9.94. The van der Waals surface area contributed by atoms with Gasteiger partial charge in [0.1, 0.15) is 5.75 Å². The van der Waals surface area contributed by atoms with Crippen LogP contribution in [-0.2, 0) is 0 Å². The number of nitrogens with zero attached hydrogens (tertiary/aromatic N) is 2. The molecule has 0 saturated carbocycles. The Kier molecular flexibility index (Phi) is 5.52. The number of methoxy groups -OCH3 is 1. The molecule has 2 atom stereocenters. The van der Waals surface area contributed by atoms with E-state index < -0.39 is 6.04 Å². The third-order valence-electron chi connectivity index (χ3n) is 5.65. The van der Waals surface area contributed by atoms with E-state index in [0.29, 0.717) is 11.4 Å². The zero-order chi connectivity index (χ0) is 22.1. The third-order valence-corrected chi connectivity index (χ3v) is 5.65. The van der Waals surface area contributed by atoms with Gasteiger partial charge in [0.15, 0.2) is 5.69 Å². The monoisotopic (exact) mass is 418 g/mol. The van der Waals surface area contributed by atoms with Gasteiger partial charge in [0.25, 0.3) is 5.91 Å². The van der Waals surface area contributed by atoms with Crippen molar-refractivity contribution in [1.29, 1.82) is 0 Å². The van der Waals surface area contributed by atoms with E-state index in [-0.39, 0.29) is 17.9 Å². The van der Waals surface area contributed by atoms with E-state index in [1.165, 1.54) is 6.08 Å². The first kappa shape index (κ1) is 20.7. The third kappa shape index (κ3) is 3.47. The van der Waals surface area contributed by atoms with Crippen molar-refractivity contribution in [3.63, 3.8) is 0 Å². The van der Waals surface area contributed by atoms with E-state index >= 15 is 0 Å². The van der Waals surface area contributed by atoms with Crippen LogP contribution in [0.3, 0.4) is 0 Å². The fourth-order valence-electron chi connectivity index (χ4n) is 4.12. The second-order valence-electron chi connectivity index (χ2n) is 7.83. The number of amides is 1. The minimum atomic E-state index is -0.429. The van der Waals surface area contributed by atoms with Crippen LogP contribution in [0.4, 0.5) is 5.69 Å². The van der Waals surface area contributed by atoms with E-state index in [2.05, 4.69) is 24.0 Å². The molecule has 2 heterocycles. The minimum absolute atomic E-state index is 0.165. The molecule has 0 spiro atoms. The van der Waals surface area contributed by atoms with Crippen molar-refractivity contribution in [3.8, 4) is 5.75 Å². The Hall–Kier alpha value is -3.58. The lowest BCUT2D eigenvalue weighted by Crippen LogP contribution is -2.29. The number of ether oxygens (including phenoxy) is 1. The zero-order valence-electron chi connectivity index (χ0n) is 17.7. The van der Waals surface area contributed by atoms with Crippen molar-refractivity contribution < 1.29 is 14.6 Å². The van der Waals surface area contributed by atoms with Gasteiger partial charge in [-0.3, -0.25) is 14.8 Å². The van der Waals surface area contributed by atoms with Gasteiger partial charge in [-0.05, 0) is 35.8 Å². The molecule has 0 radical (unpaired) electrons. The van der Waals surface area contributed by atoms with Crippen LogP contribution in [0.15, 0.2) is 60.9 Å². The van der Waals surface area contributed by atoms with Gasteiger partial charge < -0.3 is 15.6 Å². The molecule has 2 unspecified atom stereocenters. The molecule has 2 aromatic carbocycles. The van der Waals surface area contributed by atoms with E-state index in [1.807, 2.05) is 48.5 Å². The molecule has 1 amide bonds. The summed E-state index contributed by atoms with van der Waals surface area (Å²) in [5.74, 6) is 0.717. The molecule has 1 aromatic heterocycles. The first-order chi connectivity index (χ1) is 15.0. The Balaban J connectivity index is 1.86. The number of carbonyl (C=O) groups excluding carboxylic acids is 1. The molecular weight excluding hydrogens is 392 g/mol. The number of aromatic amines is 1. The summed E-state index contributed by atoms with van der Waals surface area (Å²) < 4.78 is 5.63. The standard InChI is InChI=1S/C24H26N4O3/c1-14(2)21-20-22(27-26-21)24(30)28(23(20)17-6-4-5-7-19(17)31-3)16-10-8-15(9-11-16)18(25)12-13-29/h4-14,18,23,29H,25H2,1-3H3,(H,26,27)/b13-12-. The summed E-state index contributed by atoms with van der Waals surface area (Å²) in [6, 6.07) is 14.4. The van der Waals surface area contributed by atoms with Gasteiger partial charge in [-0.15, -0.1) is 0 Å². The predicted molar refractivity (Wildman–Crippen MR) is 119 cm³/mol. The quantitative estimate of drug-likeness (QED) is 0.516. The van der Waals surface area contributed by atoms with Crippen LogP contribution >= 0.6 is 0 Å². The van der Waals surface area contributed by atoms with Crippen LogP contribution in [0.25, 0.3) is 0 Å². The topological polar surface area (TPSA) is 104 Å². The van der Waals surface area contributed by atoms with Crippen molar-refractivity contribution in [2.24, 2.45) is 5.73 Å². The van der Waals surface area contributed by atoms with Crippen molar-refractivity contribution >= 4 is 11.6 Å². The summed E-state index contributed by atoms with van der Waals surface area (Å²) >= 11 is 0. The molecular formula is C24H26N4O3. The largest absolute Gasteiger partial charge is 0.516 e. The van der Waals surface area contributed by atoms with Crippen LogP contribution in [0.5, 0.6) is 5.75 Å². The number of nitrogens with two attached hydrogens (primary N) is 1. The van der Waals surface area contributed by atoms with Crippen molar-refractivity contribution in [2.45, 2.75) is 31.8 Å². The number of aliphatic hydroxyl groups is 1. The maximum absolute atomic E-state index is 13.5. The Bertz CT molecular complexity index is 1120. The lowest BCUT2D eigenvalue weighted by molar-refractivity contribution is 0.0988.